The predicted octanol–water partition coefficient (Wildman–Crippen LogP) is 2.41. The van der Waals surface area contributed by atoms with E-state index in [0.29, 0.717) is 12.6 Å². The third kappa shape index (κ3) is 6.64. The van der Waals surface area contributed by atoms with Crippen LogP contribution in [0.3, 0.4) is 0 Å². The van der Waals surface area contributed by atoms with Gasteiger partial charge in [0.25, 0.3) is 0 Å². The minimum absolute atomic E-state index is 0.204. The second-order valence-electron chi connectivity index (χ2n) is 6.10. The molecular weight excluding hydrogens is 316 g/mol. The Kier molecular flexibility index (Phi) is 8.09. The van der Waals surface area contributed by atoms with Gasteiger partial charge in [0.1, 0.15) is 0 Å². The van der Waals surface area contributed by atoms with Crippen molar-refractivity contribution in [3.05, 3.63) is 35.9 Å². The van der Waals surface area contributed by atoms with Gasteiger partial charge in [-0.1, -0.05) is 30.3 Å². The van der Waals surface area contributed by atoms with E-state index < -0.39 is 0 Å². The summed E-state index contributed by atoms with van der Waals surface area (Å²) in [6.45, 7) is 7.36. The monoisotopic (exact) mass is 346 g/mol. The summed E-state index contributed by atoms with van der Waals surface area (Å²) in [6, 6.07) is 10.7. The van der Waals surface area contributed by atoms with Crippen LogP contribution in [0.5, 0.6) is 0 Å². The number of carbonyl (C=O) groups is 1. The smallest absolute Gasteiger partial charge is 0.409 e. The molecule has 25 heavy (non-hydrogen) atoms. The molecule has 6 nitrogen and oxygen atoms in total. The molecule has 0 spiro atoms. The van der Waals surface area contributed by atoms with Crippen molar-refractivity contribution in [3.8, 4) is 0 Å². The first-order valence-electron chi connectivity index (χ1n) is 9.23. The molecule has 138 valence electrons. The van der Waals surface area contributed by atoms with Gasteiger partial charge in [-0.25, -0.2) is 4.79 Å². The molecule has 1 aromatic carbocycles. The van der Waals surface area contributed by atoms with E-state index in [1.54, 1.807) is 4.90 Å². The van der Waals surface area contributed by atoms with Crippen LogP contribution in [0.2, 0.25) is 0 Å². The standard InChI is InChI=1S/C19H30N4O2/c1-3-20-18(21-13-10-16-8-6-5-7-9-16)22-17-11-14-23(15-12-17)19(24)25-4-2/h5-9,17H,3-4,10-15H2,1-2H3,(H2,20,21,22). The maximum Gasteiger partial charge on any atom is 0.409 e. The lowest BCUT2D eigenvalue weighted by Gasteiger charge is -2.32. The topological polar surface area (TPSA) is 66.0 Å². The molecule has 1 fully saturated rings. The van der Waals surface area contributed by atoms with Crippen molar-refractivity contribution in [1.82, 2.24) is 15.5 Å². The molecule has 1 heterocycles. The zero-order valence-electron chi connectivity index (χ0n) is 15.3. The van der Waals surface area contributed by atoms with Crippen molar-refractivity contribution < 1.29 is 9.53 Å². The number of guanidine groups is 1. The van der Waals surface area contributed by atoms with Crippen molar-refractivity contribution in [3.63, 3.8) is 0 Å². The zero-order chi connectivity index (χ0) is 17.9. The van der Waals surface area contributed by atoms with Gasteiger partial charge in [-0.2, -0.15) is 0 Å². The van der Waals surface area contributed by atoms with Crippen LogP contribution in [0.15, 0.2) is 35.3 Å². The number of amides is 1. The Labute approximate surface area is 150 Å². The minimum atomic E-state index is -0.204. The number of ether oxygens (including phenoxy) is 1. The Morgan fingerprint density at radius 2 is 1.96 bits per heavy atom. The van der Waals surface area contributed by atoms with Gasteiger partial charge in [-0.05, 0) is 38.7 Å². The Morgan fingerprint density at radius 3 is 2.60 bits per heavy atom. The van der Waals surface area contributed by atoms with Crippen molar-refractivity contribution in [2.45, 2.75) is 39.2 Å². The summed E-state index contributed by atoms with van der Waals surface area (Å²) < 4.78 is 5.06. The first kappa shape index (κ1) is 19.1. The average Bonchev–Trinajstić information content (AvgIpc) is 2.63. The fourth-order valence-electron chi connectivity index (χ4n) is 2.88. The van der Waals surface area contributed by atoms with E-state index >= 15 is 0 Å². The van der Waals surface area contributed by atoms with E-state index in [4.69, 9.17) is 4.74 Å². The minimum Gasteiger partial charge on any atom is -0.450 e. The summed E-state index contributed by atoms with van der Waals surface area (Å²) in [5.74, 6) is 0.855. The van der Waals surface area contributed by atoms with Gasteiger partial charge in [-0.3, -0.25) is 4.99 Å². The molecule has 1 aliphatic rings. The van der Waals surface area contributed by atoms with Crippen molar-refractivity contribution in [2.75, 3.05) is 32.8 Å². The Balaban J connectivity index is 1.79. The number of carbonyl (C=O) groups excluding carboxylic acids is 1. The fraction of sp³-hybridized carbons (Fsp3) is 0.579. The Hall–Kier alpha value is -2.24. The molecule has 0 aliphatic carbocycles. The normalized spacial score (nSPS) is 15.8. The summed E-state index contributed by atoms with van der Waals surface area (Å²) in [5, 5.41) is 6.80. The van der Waals surface area contributed by atoms with Gasteiger partial charge in [-0.15, -0.1) is 0 Å². The fourth-order valence-corrected chi connectivity index (χ4v) is 2.88. The molecule has 2 N–H and O–H groups in total. The maximum absolute atomic E-state index is 11.8. The zero-order valence-corrected chi connectivity index (χ0v) is 15.3. The van der Waals surface area contributed by atoms with Crippen molar-refractivity contribution >= 4 is 12.1 Å². The third-order valence-corrected chi connectivity index (χ3v) is 4.22. The lowest BCUT2D eigenvalue weighted by atomic mass is 10.1. The van der Waals surface area contributed by atoms with E-state index in [0.717, 1.165) is 51.4 Å². The van der Waals surface area contributed by atoms with Crippen molar-refractivity contribution in [1.29, 1.82) is 0 Å². The van der Waals surface area contributed by atoms with E-state index in [-0.39, 0.29) is 6.09 Å². The number of hydrogen-bond donors (Lipinski definition) is 2. The third-order valence-electron chi connectivity index (χ3n) is 4.22. The summed E-state index contributed by atoms with van der Waals surface area (Å²) >= 11 is 0. The number of aliphatic imine (C=N–C) groups is 1. The molecule has 1 saturated heterocycles. The molecule has 0 bridgehead atoms. The van der Waals surface area contributed by atoms with Gasteiger partial charge < -0.3 is 20.3 Å². The Bertz CT molecular complexity index is 540. The number of rotatable bonds is 6. The molecule has 0 radical (unpaired) electrons. The molecule has 1 aromatic rings. The van der Waals surface area contributed by atoms with Crippen molar-refractivity contribution in [2.24, 2.45) is 4.99 Å². The van der Waals surface area contributed by atoms with Crippen LogP contribution in [0.4, 0.5) is 4.79 Å². The summed E-state index contributed by atoms with van der Waals surface area (Å²) in [5.41, 5.74) is 1.30. The molecule has 0 saturated carbocycles. The molecule has 0 unspecified atom stereocenters. The van der Waals surface area contributed by atoms with Gasteiger partial charge in [0, 0.05) is 32.2 Å². The molecule has 2 rings (SSSR count). The summed E-state index contributed by atoms with van der Waals surface area (Å²) in [7, 11) is 0. The molecule has 1 aliphatic heterocycles. The highest BCUT2D eigenvalue weighted by molar-refractivity contribution is 5.80. The van der Waals surface area contributed by atoms with Crippen LogP contribution < -0.4 is 10.6 Å². The SMILES string of the molecule is CCNC(=NCCc1ccccc1)NC1CCN(C(=O)OCC)CC1. The van der Waals surface area contributed by atoms with Crippen LogP contribution in [0, 0.1) is 0 Å². The van der Waals surface area contributed by atoms with E-state index in [2.05, 4.69) is 46.8 Å². The van der Waals surface area contributed by atoms with Crippen LogP contribution in [-0.2, 0) is 11.2 Å². The van der Waals surface area contributed by atoms with E-state index in [1.807, 2.05) is 13.0 Å². The van der Waals surface area contributed by atoms with Crippen LogP contribution in [-0.4, -0.2) is 55.8 Å². The number of nitrogens with zero attached hydrogens (tertiary/aromatic N) is 2. The average molecular weight is 346 g/mol. The first-order valence-corrected chi connectivity index (χ1v) is 9.23. The largest absolute Gasteiger partial charge is 0.450 e. The number of hydrogen-bond acceptors (Lipinski definition) is 3. The second kappa shape index (κ2) is 10.6. The number of likely N-dealkylation sites (tertiary alicyclic amines) is 1. The maximum atomic E-state index is 11.8. The van der Waals surface area contributed by atoms with Crippen LogP contribution >= 0.6 is 0 Å². The van der Waals surface area contributed by atoms with Gasteiger partial charge in [0.15, 0.2) is 5.96 Å². The first-order chi connectivity index (χ1) is 12.2. The van der Waals surface area contributed by atoms with Gasteiger partial charge >= 0.3 is 6.09 Å². The van der Waals surface area contributed by atoms with E-state index in [1.165, 1.54) is 5.56 Å². The number of nitrogens with one attached hydrogen (secondary N) is 2. The quantitative estimate of drug-likeness (QED) is 0.613. The molecule has 0 aromatic heterocycles. The number of piperidine rings is 1. The summed E-state index contributed by atoms with van der Waals surface area (Å²) in [4.78, 5) is 18.2. The second-order valence-corrected chi connectivity index (χ2v) is 6.10. The Morgan fingerprint density at radius 1 is 1.24 bits per heavy atom. The van der Waals surface area contributed by atoms with Crippen LogP contribution in [0.1, 0.15) is 32.3 Å². The van der Waals surface area contributed by atoms with Gasteiger partial charge in [0.2, 0.25) is 0 Å². The highest BCUT2D eigenvalue weighted by Crippen LogP contribution is 2.11. The summed E-state index contributed by atoms with van der Waals surface area (Å²) in [6.07, 6.45) is 2.53. The molecule has 0 atom stereocenters. The number of benzene rings is 1. The molecule has 1 amide bonds. The predicted molar refractivity (Wildman–Crippen MR) is 101 cm³/mol. The highest BCUT2D eigenvalue weighted by atomic mass is 16.6. The van der Waals surface area contributed by atoms with Crippen LogP contribution in [0.25, 0.3) is 0 Å². The lowest BCUT2D eigenvalue weighted by molar-refractivity contribution is 0.0963. The highest BCUT2D eigenvalue weighted by Gasteiger charge is 2.23. The van der Waals surface area contributed by atoms with E-state index in [9.17, 15) is 4.79 Å². The lowest BCUT2D eigenvalue weighted by Crippen LogP contribution is -2.50. The van der Waals surface area contributed by atoms with Gasteiger partial charge in [0.05, 0.1) is 6.61 Å². The molecular formula is C19H30N4O2. The molecule has 6 heteroatoms.